The molecule has 168 valence electrons. The minimum Gasteiger partial charge on any atom is -0.494 e. The fourth-order valence-electron chi connectivity index (χ4n) is 3.59. The zero-order valence-electron chi connectivity index (χ0n) is 17.1. The van der Waals surface area contributed by atoms with Crippen LogP contribution in [0.5, 0.6) is 5.75 Å². The number of esters is 2. The van der Waals surface area contributed by atoms with Gasteiger partial charge in [-0.15, -0.1) is 0 Å². The molecule has 1 aliphatic carbocycles. The van der Waals surface area contributed by atoms with E-state index in [0.717, 1.165) is 23.7 Å². The van der Waals surface area contributed by atoms with E-state index in [0.29, 0.717) is 19.6 Å². The Kier molecular flexibility index (Phi) is 10.1. The Morgan fingerprint density at radius 2 is 1.87 bits per heavy atom. The standard InChI is InChI=1S/C22H30F3NO4/c23-22(24,25)21(28)30-20(27)12-14-26-13-11-18-8-4-10-19(16-18)29-15-5-9-17-6-2-1-3-7-17/h4,8,10,16-17,26H,1-3,5-7,9,11-15H2. The summed E-state index contributed by atoms with van der Waals surface area (Å²) in [5.41, 5.74) is 1.06. The van der Waals surface area contributed by atoms with Crippen molar-refractivity contribution in [2.24, 2.45) is 5.92 Å². The van der Waals surface area contributed by atoms with Crippen molar-refractivity contribution in [3.8, 4) is 5.75 Å². The van der Waals surface area contributed by atoms with Gasteiger partial charge in [0, 0.05) is 6.54 Å². The zero-order valence-corrected chi connectivity index (χ0v) is 17.1. The molecular formula is C22H30F3NO4. The first kappa shape index (κ1) is 24.2. The quantitative estimate of drug-likeness (QED) is 0.317. The van der Waals surface area contributed by atoms with Gasteiger partial charge in [-0.05, 0) is 49.4 Å². The van der Waals surface area contributed by atoms with Crippen LogP contribution in [0.25, 0.3) is 0 Å². The molecule has 5 nitrogen and oxygen atoms in total. The molecule has 1 saturated carbocycles. The fraction of sp³-hybridized carbons (Fsp3) is 0.636. The van der Waals surface area contributed by atoms with Crippen molar-refractivity contribution in [1.29, 1.82) is 0 Å². The Labute approximate surface area is 175 Å². The van der Waals surface area contributed by atoms with E-state index < -0.39 is 18.1 Å². The van der Waals surface area contributed by atoms with E-state index in [2.05, 4.69) is 10.1 Å². The van der Waals surface area contributed by atoms with Gasteiger partial charge in [0.2, 0.25) is 0 Å². The van der Waals surface area contributed by atoms with Gasteiger partial charge in [-0.3, -0.25) is 4.79 Å². The van der Waals surface area contributed by atoms with Crippen LogP contribution in [0, 0.1) is 5.92 Å². The van der Waals surface area contributed by atoms with Gasteiger partial charge in [0.15, 0.2) is 0 Å². The highest BCUT2D eigenvalue weighted by atomic mass is 19.4. The maximum atomic E-state index is 12.0. The van der Waals surface area contributed by atoms with Gasteiger partial charge in [-0.2, -0.15) is 13.2 Å². The van der Waals surface area contributed by atoms with E-state index in [-0.39, 0.29) is 13.0 Å². The maximum absolute atomic E-state index is 12.0. The zero-order chi connectivity index (χ0) is 21.8. The van der Waals surface area contributed by atoms with Gasteiger partial charge in [0.1, 0.15) is 5.75 Å². The number of rotatable bonds is 11. The van der Waals surface area contributed by atoms with Crippen molar-refractivity contribution in [3.05, 3.63) is 29.8 Å². The van der Waals surface area contributed by atoms with Crippen molar-refractivity contribution in [2.75, 3.05) is 19.7 Å². The predicted octanol–water partition coefficient (Wildman–Crippen LogP) is 4.58. The van der Waals surface area contributed by atoms with Crippen molar-refractivity contribution in [3.63, 3.8) is 0 Å². The summed E-state index contributed by atoms with van der Waals surface area (Å²) in [6.45, 7) is 1.36. The van der Waals surface area contributed by atoms with Crippen LogP contribution in [0.4, 0.5) is 13.2 Å². The summed E-state index contributed by atoms with van der Waals surface area (Å²) in [7, 11) is 0. The van der Waals surface area contributed by atoms with Crippen LogP contribution in [0.15, 0.2) is 24.3 Å². The number of nitrogens with one attached hydrogen (secondary N) is 1. The smallest absolute Gasteiger partial charge is 0.491 e. The highest BCUT2D eigenvalue weighted by molar-refractivity contribution is 5.88. The molecule has 0 saturated heterocycles. The second kappa shape index (κ2) is 12.6. The molecule has 1 fully saturated rings. The molecule has 0 aliphatic heterocycles. The minimum atomic E-state index is -5.16. The fourth-order valence-corrected chi connectivity index (χ4v) is 3.59. The van der Waals surface area contributed by atoms with Crippen LogP contribution in [0.1, 0.15) is 56.9 Å². The third-order valence-electron chi connectivity index (χ3n) is 5.18. The summed E-state index contributed by atoms with van der Waals surface area (Å²) in [5, 5.41) is 2.95. The number of halogens is 3. The van der Waals surface area contributed by atoms with Crippen molar-refractivity contribution >= 4 is 11.9 Å². The predicted molar refractivity (Wildman–Crippen MR) is 106 cm³/mol. The number of hydrogen-bond acceptors (Lipinski definition) is 5. The molecule has 0 amide bonds. The number of ether oxygens (including phenoxy) is 2. The average Bonchev–Trinajstić information content (AvgIpc) is 2.71. The van der Waals surface area contributed by atoms with Crippen LogP contribution in [-0.2, 0) is 20.7 Å². The molecule has 30 heavy (non-hydrogen) atoms. The molecule has 0 bridgehead atoms. The number of carbonyl (C=O) groups excluding carboxylic acids is 2. The topological polar surface area (TPSA) is 64.6 Å². The van der Waals surface area contributed by atoms with E-state index >= 15 is 0 Å². The third kappa shape index (κ3) is 9.61. The molecular weight excluding hydrogens is 399 g/mol. The van der Waals surface area contributed by atoms with E-state index in [4.69, 9.17) is 4.74 Å². The molecule has 0 heterocycles. The molecule has 1 aromatic carbocycles. The molecule has 1 aliphatic rings. The van der Waals surface area contributed by atoms with Crippen molar-refractivity contribution in [2.45, 2.75) is 64.0 Å². The maximum Gasteiger partial charge on any atom is 0.491 e. The van der Waals surface area contributed by atoms with E-state index in [1.165, 1.54) is 38.5 Å². The highest BCUT2D eigenvalue weighted by Crippen LogP contribution is 2.27. The highest BCUT2D eigenvalue weighted by Gasteiger charge is 2.42. The second-order valence-electron chi connectivity index (χ2n) is 7.65. The van der Waals surface area contributed by atoms with Gasteiger partial charge >= 0.3 is 18.1 Å². The van der Waals surface area contributed by atoms with Gasteiger partial charge < -0.3 is 14.8 Å². The third-order valence-corrected chi connectivity index (χ3v) is 5.18. The first-order valence-electron chi connectivity index (χ1n) is 10.6. The minimum absolute atomic E-state index is 0.126. The first-order chi connectivity index (χ1) is 14.3. The summed E-state index contributed by atoms with van der Waals surface area (Å²) < 4.78 is 45.6. The first-order valence-corrected chi connectivity index (χ1v) is 10.6. The summed E-state index contributed by atoms with van der Waals surface area (Å²) in [5.74, 6) is -2.01. The summed E-state index contributed by atoms with van der Waals surface area (Å²) >= 11 is 0. The van der Waals surface area contributed by atoms with E-state index in [1.54, 1.807) is 0 Å². The molecule has 0 radical (unpaired) electrons. The van der Waals surface area contributed by atoms with Gasteiger partial charge in [0.25, 0.3) is 0 Å². The Balaban J connectivity index is 1.57. The normalized spacial score (nSPS) is 15.0. The number of benzene rings is 1. The SMILES string of the molecule is O=C(CCNCCc1cccc(OCCCC2CCCCC2)c1)OC(=O)C(F)(F)F. The average molecular weight is 429 g/mol. The largest absolute Gasteiger partial charge is 0.494 e. The Morgan fingerprint density at radius 1 is 1.10 bits per heavy atom. The van der Waals surface area contributed by atoms with Crippen LogP contribution >= 0.6 is 0 Å². The summed E-state index contributed by atoms with van der Waals surface area (Å²) in [6.07, 6.45) is 4.26. The summed E-state index contributed by atoms with van der Waals surface area (Å²) in [6, 6.07) is 7.78. The summed E-state index contributed by atoms with van der Waals surface area (Å²) in [4.78, 5) is 21.8. The van der Waals surface area contributed by atoms with Gasteiger partial charge in [-0.25, -0.2) is 4.79 Å². The number of carbonyl (C=O) groups is 2. The van der Waals surface area contributed by atoms with Crippen LogP contribution in [-0.4, -0.2) is 37.8 Å². The Morgan fingerprint density at radius 3 is 2.60 bits per heavy atom. The number of alkyl halides is 3. The van der Waals surface area contributed by atoms with Crippen LogP contribution < -0.4 is 10.1 Å². The van der Waals surface area contributed by atoms with Crippen LogP contribution in [0.2, 0.25) is 0 Å². The van der Waals surface area contributed by atoms with E-state index in [9.17, 15) is 22.8 Å². The monoisotopic (exact) mass is 429 g/mol. The van der Waals surface area contributed by atoms with Gasteiger partial charge in [0.05, 0.1) is 13.0 Å². The Hall–Kier alpha value is -2.09. The lowest BCUT2D eigenvalue weighted by Gasteiger charge is -2.21. The molecule has 1 N–H and O–H groups in total. The van der Waals surface area contributed by atoms with Crippen molar-refractivity contribution < 1.29 is 32.2 Å². The molecule has 0 spiro atoms. The molecule has 0 atom stereocenters. The lowest BCUT2D eigenvalue weighted by molar-refractivity contribution is -0.201. The van der Waals surface area contributed by atoms with E-state index in [1.807, 2.05) is 24.3 Å². The molecule has 0 unspecified atom stereocenters. The Bertz CT molecular complexity index is 673. The number of hydrogen-bond donors (Lipinski definition) is 1. The van der Waals surface area contributed by atoms with Crippen LogP contribution in [0.3, 0.4) is 0 Å². The molecule has 8 heteroatoms. The molecule has 1 aromatic rings. The lowest BCUT2D eigenvalue weighted by Crippen LogP contribution is -2.29. The second-order valence-corrected chi connectivity index (χ2v) is 7.65. The lowest BCUT2D eigenvalue weighted by atomic mass is 9.86. The molecule has 0 aromatic heterocycles. The molecule has 2 rings (SSSR count). The van der Waals surface area contributed by atoms with Crippen molar-refractivity contribution in [1.82, 2.24) is 5.32 Å². The van der Waals surface area contributed by atoms with Gasteiger partial charge in [-0.1, -0.05) is 44.2 Å².